The zero-order chi connectivity index (χ0) is 23.4. The van der Waals surface area contributed by atoms with Crippen molar-refractivity contribution in [2.45, 2.75) is 50.2 Å². The maximum atomic E-state index is 11.3. The number of benzene rings is 2. The molecule has 2 N–H and O–H groups in total. The molecule has 4 atom stereocenters. The predicted molar refractivity (Wildman–Crippen MR) is 129 cm³/mol. The van der Waals surface area contributed by atoms with E-state index in [1.165, 1.54) is 6.92 Å². The number of hydrogen-bond acceptors (Lipinski definition) is 8. The largest absolute Gasteiger partial charge is 0.392 e. The summed E-state index contributed by atoms with van der Waals surface area (Å²) < 4.78 is 13.8. The fraction of sp³-hybridized carbons (Fsp3) is 0.375. The average Bonchev–Trinajstić information content (AvgIpc) is 3.24. The van der Waals surface area contributed by atoms with Crippen LogP contribution in [0, 0.1) is 12.8 Å². The molecule has 1 aromatic heterocycles. The first kappa shape index (κ1) is 23.8. The lowest BCUT2D eigenvalue weighted by Crippen LogP contribution is -2.38. The zero-order valence-corrected chi connectivity index (χ0v) is 20.4. The first-order valence-corrected chi connectivity index (χ1v) is 12.5. The first-order valence-electron chi connectivity index (χ1n) is 10.7. The number of amides is 1. The number of carbonyl (C=O) groups is 1. The van der Waals surface area contributed by atoms with Crippen LogP contribution in [0.25, 0.3) is 0 Å². The van der Waals surface area contributed by atoms with E-state index in [0.717, 1.165) is 37.5 Å². The van der Waals surface area contributed by atoms with E-state index >= 15 is 0 Å². The van der Waals surface area contributed by atoms with Crippen LogP contribution in [0.2, 0.25) is 0 Å². The van der Waals surface area contributed by atoms with E-state index in [1.54, 1.807) is 23.1 Å². The second kappa shape index (κ2) is 10.8. The molecule has 9 heteroatoms. The summed E-state index contributed by atoms with van der Waals surface area (Å²) in [6, 6.07) is 15.4. The fourth-order valence-electron chi connectivity index (χ4n) is 3.73. The Morgan fingerprint density at radius 2 is 1.79 bits per heavy atom. The second-order valence-electron chi connectivity index (χ2n) is 8.02. The molecule has 33 heavy (non-hydrogen) atoms. The van der Waals surface area contributed by atoms with Gasteiger partial charge in [0.05, 0.1) is 18.8 Å². The van der Waals surface area contributed by atoms with Crippen molar-refractivity contribution >= 4 is 34.7 Å². The molecule has 0 bridgehead atoms. The van der Waals surface area contributed by atoms with Crippen LogP contribution in [-0.2, 0) is 20.9 Å². The molecule has 7 nitrogen and oxygen atoms in total. The molecule has 174 valence electrons. The van der Waals surface area contributed by atoms with Crippen molar-refractivity contribution < 1.29 is 19.4 Å². The van der Waals surface area contributed by atoms with E-state index in [2.05, 4.69) is 22.4 Å². The molecule has 1 aliphatic heterocycles. The van der Waals surface area contributed by atoms with Gasteiger partial charge in [-0.3, -0.25) is 4.79 Å². The number of aryl methyl sites for hydroxylation is 1. The summed E-state index contributed by atoms with van der Waals surface area (Å²) in [4.78, 5) is 11.3. The Morgan fingerprint density at radius 1 is 1.09 bits per heavy atom. The number of aromatic nitrogens is 2. The molecule has 0 spiro atoms. The van der Waals surface area contributed by atoms with Crippen molar-refractivity contribution in [1.29, 1.82) is 0 Å². The molecule has 3 aromatic rings. The van der Waals surface area contributed by atoms with Crippen molar-refractivity contribution in [3.63, 3.8) is 0 Å². The molecule has 1 aliphatic rings. The maximum absolute atomic E-state index is 11.3. The highest BCUT2D eigenvalue weighted by molar-refractivity contribution is 8.01. The molecule has 2 heterocycles. The number of thioether (sulfide) groups is 1. The SMILES string of the molecule is CC(=O)Nc1ccc([C@H]2O[C@@H](CSc3nnc(C)s3)[C@@H](C)[C@@H](c3ccc(CO)cc3)O2)cc1. The van der Waals surface area contributed by atoms with Crippen LogP contribution in [0.5, 0.6) is 0 Å². The van der Waals surface area contributed by atoms with Gasteiger partial charge in [0.2, 0.25) is 5.91 Å². The zero-order valence-electron chi connectivity index (χ0n) is 18.7. The van der Waals surface area contributed by atoms with Crippen LogP contribution in [0.1, 0.15) is 47.9 Å². The van der Waals surface area contributed by atoms with Crippen LogP contribution in [-0.4, -0.2) is 33.1 Å². The summed E-state index contributed by atoms with van der Waals surface area (Å²) in [6.07, 6.45) is -0.791. The highest BCUT2D eigenvalue weighted by Crippen LogP contribution is 2.43. The Morgan fingerprint density at radius 3 is 2.39 bits per heavy atom. The van der Waals surface area contributed by atoms with Gasteiger partial charge in [0.15, 0.2) is 10.6 Å². The fourth-order valence-corrected chi connectivity index (χ4v) is 5.73. The average molecular weight is 486 g/mol. The van der Waals surface area contributed by atoms with Gasteiger partial charge in [0.25, 0.3) is 0 Å². The molecule has 0 saturated carbocycles. The Hall–Kier alpha value is -2.30. The molecule has 0 aliphatic carbocycles. The van der Waals surface area contributed by atoms with Crippen molar-refractivity contribution in [3.8, 4) is 0 Å². The lowest BCUT2D eigenvalue weighted by Gasteiger charge is -2.41. The molecular weight excluding hydrogens is 458 g/mol. The Balaban J connectivity index is 1.56. The molecule has 0 radical (unpaired) electrons. The van der Waals surface area contributed by atoms with Gasteiger partial charge < -0.3 is 19.9 Å². The minimum absolute atomic E-state index is 0.00821. The standard InChI is InChI=1S/C24H27N3O4S2/c1-14-21(13-32-24-27-26-16(3)33-24)30-23(19-8-10-20(11-9-19)25-15(2)29)31-22(14)18-6-4-17(12-28)5-7-18/h4-11,14,21-23,28H,12-13H2,1-3H3,(H,25,29)/t14-,21+,22+,23+/m1/s1. The van der Waals surface area contributed by atoms with Crippen LogP contribution in [0.3, 0.4) is 0 Å². The monoisotopic (exact) mass is 485 g/mol. The Kier molecular flexibility index (Phi) is 7.77. The smallest absolute Gasteiger partial charge is 0.221 e. The number of ether oxygens (including phenoxy) is 2. The van der Waals surface area contributed by atoms with Crippen LogP contribution in [0.15, 0.2) is 52.9 Å². The van der Waals surface area contributed by atoms with Crippen molar-refractivity contribution in [3.05, 3.63) is 70.2 Å². The van der Waals surface area contributed by atoms with Crippen LogP contribution in [0.4, 0.5) is 5.69 Å². The number of anilines is 1. The van der Waals surface area contributed by atoms with Crippen molar-refractivity contribution in [2.24, 2.45) is 5.92 Å². The summed E-state index contributed by atoms with van der Waals surface area (Å²) in [5.74, 6) is 0.712. The van der Waals surface area contributed by atoms with Gasteiger partial charge in [-0.05, 0) is 30.2 Å². The third-order valence-corrected chi connectivity index (χ3v) is 7.57. The predicted octanol–water partition coefficient (Wildman–Crippen LogP) is 4.88. The number of aliphatic hydroxyl groups excluding tert-OH is 1. The molecule has 1 saturated heterocycles. The minimum atomic E-state index is -0.545. The topological polar surface area (TPSA) is 93.6 Å². The van der Waals surface area contributed by atoms with Crippen LogP contribution < -0.4 is 5.32 Å². The van der Waals surface area contributed by atoms with Gasteiger partial charge in [0.1, 0.15) is 5.01 Å². The van der Waals surface area contributed by atoms with E-state index in [1.807, 2.05) is 55.5 Å². The normalized spacial score (nSPS) is 22.8. The van der Waals surface area contributed by atoms with Gasteiger partial charge in [-0.15, -0.1) is 10.2 Å². The van der Waals surface area contributed by atoms with E-state index in [9.17, 15) is 9.90 Å². The molecular formula is C24H27N3O4S2. The highest BCUT2D eigenvalue weighted by Gasteiger charge is 2.38. The molecule has 4 rings (SSSR count). The third-order valence-electron chi connectivity index (χ3n) is 5.51. The van der Waals surface area contributed by atoms with Gasteiger partial charge in [0, 0.05) is 29.8 Å². The lowest BCUT2D eigenvalue weighted by atomic mass is 9.91. The lowest BCUT2D eigenvalue weighted by molar-refractivity contribution is -0.268. The molecule has 1 fully saturated rings. The summed E-state index contributed by atoms with van der Waals surface area (Å²) in [5, 5.41) is 21.4. The number of carbonyl (C=O) groups excluding carboxylic acids is 1. The summed E-state index contributed by atoms with van der Waals surface area (Å²) in [7, 11) is 0. The highest BCUT2D eigenvalue weighted by atomic mass is 32.2. The number of rotatable bonds is 7. The molecule has 0 unspecified atom stereocenters. The first-order chi connectivity index (χ1) is 15.9. The van der Waals surface area contributed by atoms with E-state index in [0.29, 0.717) is 0 Å². The van der Waals surface area contributed by atoms with E-state index < -0.39 is 6.29 Å². The van der Waals surface area contributed by atoms with Gasteiger partial charge >= 0.3 is 0 Å². The maximum Gasteiger partial charge on any atom is 0.221 e. The number of nitrogens with zero attached hydrogens (tertiary/aromatic N) is 2. The quantitative estimate of drug-likeness (QED) is 0.461. The minimum Gasteiger partial charge on any atom is -0.392 e. The Labute approximate surface area is 201 Å². The second-order valence-corrected chi connectivity index (χ2v) is 10.5. The Bertz CT molecular complexity index is 1070. The molecule has 2 aromatic carbocycles. The summed E-state index contributed by atoms with van der Waals surface area (Å²) in [5.41, 5.74) is 3.52. The number of aliphatic hydroxyl groups is 1. The number of nitrogens with one attached hydrogen (secondary N) is 1. The van der Waals surface area contributed by atoms with E-state index in [4.69, 9.17) is 9.47 Å². The summed E-state index contributed by atoms with van der Waals surface area (Å²) >= 11 is 3.22. The van der Waals surface area contributed by atoms with Gasteiger partial charge in [-0.1, -0.05) is 66.4 Å². The number of hydrogen-bond donors (Lipinski definition) is 2. The summed E-state index contributed by atoms with van der Waals surface area (Å²) in [6.45, 7) is 5.57. The van der Waals surface area contributed by atoms with E-state index in [-0.39, 0.29) is 30.6 Å². The van der Waals surface area contributed by atoms with Crippen molar-refractivity contribution in [2.75, 3.05) is 11.1 Å². The van der Waals surface area contributed by atoms with Crippen molar-refractivity contribution in [1.82, 2.24) is 10.2 Å². The molecule has 1 amide bonds. The van der Waals surface area contributed by atoms with Gasteiger partial charge in [-0.2, -0.15) is 0 Å². The third kappa shape index (κ3) is 5.99. The van der Waals surface area contributed by atoms with Crippen LogP contribution >= 0.6 is 23.1 Å². The van der Waals surface area contributed by atoms with Gasteiger partial charge in [-0.25, -0.2) is 0 Å².